The molecule has 4 rings (SSSR count). The van der Waals surface area contributed by atoms with Gasteiger partial charge in [0.25, 0.3) is 17.8 Å². The molecule has 0 heterocycles. The number of hydrogen-bond donors (Lipinski definition) is 3. The summed E-state index contributed by atoms with van der Waals surface area (Å²) in [5, 5.41) is 8.65. The maximum atomic E-state index is 13.5. The van der Waals surface area contributed by atoms with Crippen molar-refractivity contribution in [3.05, 3.63) is 106 Å². The zero-order chi connectivity index (χ0) is 27.6. The Balaban J connectivity index is 1.56. The van der Waals surface area contributed by atoms with Crippen LogP contribution in [0.3, 0.4) is 0 Å². The highest BCUT2D eigenvalue weighted by Gasteiger charge is 2.18. The van der Waals surface area contributed by atoms with E-state index in [2.05, 4.69) is 43.6 Å². The molecule has 0 atom stereocenters. The molecule has 0 radical (unpaired) electrons. The third-order valence-electron chi connectivity index (χ3n) is 6.87. The summed E-state index contributed by atoms with van der Waals surface area (Å²) in [6, 6.07) is 22.9. The van der Waals surface area contributed by atoms with E-state index < -0.39 is 5.91 Å². The molecule has 0 unspecified atom stereocenters. The molecular weight excluding hydrogens is 556 g/mol. The van der Waals surface area contributed by atoms with Crippen molar-refractivity contribution in [2.24, 2.45) is 16.1 Å². The van der Waals surface area contributed by atoms with Crippen molar-refractivity contribution >= 4 is 45.5 Å². The van der Waals surface area contributed by atoms with E-state index in [0.717, 1.165) is 21.3 Å². The van der Waals surface area contributed by atoms with E-state index in [1.807, 2.05) is 36.4 Å². The zero-order valence-electron chi connectivity index (χ0n) is 21.5. The second-order valence-corrected chi connectivity index (χ2v) is 10.3. The SMILES string of the molecule is N=N/C(=N\N)NC(=O)c1ccc(CN(C(=O)/C=C/c2ccccc2Br)c2ccc(C3CCCCC3)cc2)cc1. The molecule has 1 aliphatic rings. The Morgan fingerprint density at radius 3 is 2.33 bits per heavy atom. The van der Waals surface area contributed by atoms with Gasteiger partial charge in [-0.1, -0.05) is 77.7 Å². The third kappa shape index (κ3) is 7.48. The summed E-state index contributed by atoms with van der Waals surface area (Å²) in [6.45, 7) is 0.321. The average molecular weight is 588 g/mol. The van der Waals surface area contributed by atoms with Crippen molar-refractivity contribution in [2.45, 2.75) is 44.6 Å². The van der Waals surface area contributed by atoms with Crippen LogP contribution in [-0.4, -0.2) is 17.8 Å². The molecule has 0 spiro atoms. The normalized spacial score (nSPS) is 14.2. The molecule has 39 heavy (non-hydrogen) atoms. The van der Waals surface area contributed by atoms with E-state index in [1.54, 1.807) is 41.3 Å². The number of benzene rings is 3. The first-order chi connectivity index (χ1) is 19.0. The fraction of sp³-hybridized carbons (Fsp3) is 0.233. The van der Waals surface area contributed by atoms with Crippen LogP contribution in [0.15, 0.2) is 93.6 Å². The summed E-state index contributed by atoms with van der Waals surface area (Å²) in [5.74, 6) is 4.77. The standard InChI is InChI=1S/C30H31BrN6O2/c31-27-9-5-4-8-24(27)16-19-28(38)37(26-17-14-23(15-18-26)22-6-2-1-3-7-22)20-21-10-12-25(13-11-21)29(39)34-30(35-32)36-33/h4-5,8-19,22,32H,1-3,6-7,20,33H2,(H,34,36,39)/b19-16+,35-32?. The van der Waals surface area contributed by atoms with Crippen LogP contribution in [0.5, 0.6) is 0 Å². The van der Waals surface area contributed by atoms with E-state index in [1.165, 1.54) is 37.7 Å². The Kier molecular flexibility index (Phi) is 9.74. The summed E-state index contributed by atoms with van der Waals surface area (Å²) in [6.07, 6.45) is 9.65. The van der Waals surface area contributed by atoms with Crippen LogP contribution in [0.4, 0.5) is 5.69 Å². The van der Waals surface area contributed by atoms with Gasteiger partial charge in [0.15, 0.2) is 0 Å². The molecule has 1 saturated carbocycles. The Labute approximate surface area is 236 Å². The van der Waals surface area contributed by atoms with Gasteiger partial charge >= 0.3 is 0 Å². The third-order valence-corrected chi connectivity index (χ3v) is 7.59. The predicted octanol–water partition coefficient (Wildman–Crippen LogP) is 6.73. The first kappa shape index (κ1) is 27.9. The van der Waals surface area contributed by atoms with Gasteiger partial charge in [-0.05, 0) is 71.9 Å². The molecule has 2 amide bonds. The molecule has 0 bridgehead atoms. The molecule has 9 heteroatoms. The maximum absolute atomic E-state index is 13.5. The Hall–Kier alpha value is -4.11. The van der Waals surface area contributed by atoms with Crippen LogP contribution >= 0.6 is 15.9 Å². The number of carbonyl (C=O) groups is 2. The van der Waals surface area contributed by atoms with Gasteiger partial charge < -0.3 is 10.7 Å². The summed E-state index contributed by atoms with van der Waals surface area (Å²) in [5.41, 5.74) is 11.2. The monoisotopic (exact) mass is 586 g/mol. The largest absolute Gasteiger partial charge is 0.320 e. The number of nitrogens with one attached hydrogen (secondary N) is 2. The summed E-state index contributed by atoms with van der Waals surface area (Å²) < 4.78 is 0.910. The van der Waals surface area contributed by atoms with Gasteiger partial charge in [0, 0.05) is 21.8 Å². The molecule has 1 aliphatic carbocycles. The number of nitrogens with zero attached hydrogens (tertiary/aromatic N) is 3. The second kappa shape index (κ2) is 13.6. The fourth-order valence-corrected chi connectivity index (χ4v) is 5.14. The van der Waals surface area contributed by atoms with Crippen molar-refractivity contribution in [3.8, 4) is 0 Å². The number of hydrogen-bond acceptors (Lipinski definition) is 5. The lowest BCUT2D eigenvalue weighted by Gasteiger charge is -2.25. The number of amides is 2. The highest BCUT2D eigenvalue weighted by atomic mass is 79.9. The van der Waals surface area contributed by atoms with E-state index >= 15 is 0 Å². The van der Waals surface area contributed by atoms with Crippen LogP contribution in [0.2, 0.25) is 0 Å². The molecule has 3 aromatic rings. The topological polar surface area (TPSA) is 124 Å². The minimum atomic E-state index is -0.482. The number of guanidine groups is 1. The van der Waals surface area contributed by atoms with Crippen molar-refractivity contribution in [1.82, 2.24) is 5.32 Å². The van der Waals surface area contributed by atoms with Crippen LogP contribution in [0, 0.1) is 5.53 Å². The van der Waals surface area contributed by atoms with E-state index in [9.17, 15) is 9.59 Å². The van der Waals surface area contributed by atoms with E-state index in [-0.39, 0.29) is 11.9 Å². The lowest BCUT2D eigenvalue weighted by molar-refractivity contribution is -0.114. The smallest absolute Gasteiger partial charge is 0.265 e. The quantitative estimate of drug-likeness (QED) is 0.0709. The van der Waals surface area contributed by atoms with Gasteiger partial charge in [0.1, 0.15) is 0 Å². The summed E-state index contributed by atoms with van der Waals surface area (Å²) >= 11 is 3.53. The molecule has 1 fully saturated rings. The maximum Gasteiger partial charge on any atom is 0.265 e. The van der Waals surface area contributed by atoms with Gasteiger partial charge in [-0.25, -0.2) is 5.53 Å². The average Bonchev–Trinajstić information content (AvgIpc) is 2.99. The van der Waals surface area contributed by atoms with Crippen molar-refractivity contribution in [3.63, 3.8) is 0 Å². The van der Waals surface area contributed by atoms with Crippen LogP contribution < -0.4 is 16.1 Å². The van der Waals surface area contributed by atoms with Gasteiger partial charge in [-0.2, -0.15) is 0 Å². The van der Waals surface area contributed by atoms with Gasteiger partial charge in [0.2, 0.25) is 0 Å². The van der Waals surface area contributed by atoms with E-state index in [0.29, 0.717) is 18.0 Å². The Morgan fingerprint density at radius 1 is 1.00 bits per heavy atom. The Morgan fingerprint density at radius 2 is 1.69 bits per heavy atom. The number of hydrazone groups is 1. The van der Waals surface area contributed by atoms with Gasteiger partial charge in [-0.15, -0.1) is 10.2 Å². The first-order valence-corrected chi connectivity index (χ1v) is 13.7. The van der Waals surface area contributed by atoms with E-state index in [4.69, 9.17) is 11.4 Å². The van der Waals surface area contributed by atoms with Gasteiger partial charge in [0.05, 0.1) is 6.54 Å². The van der Waals surface area contributed by atoms with Crippen molar-refractivity contribution in [2.75, 3.05) is 4.90 Å². The number of halogens is 1. The number of carbonyl (C=O) groups excluding carboxylic acids is 2. The number of nitrogens with two attached hydrogens (primary N) is 1. The Bertz CT molecular complexity index is 1360. The highest BCUT2D eigenvalue weighted by molar-refractivity contribution is 9.10. The summed E-state index contributed by atoms with van der Waals surface area (Å²) in [4.78, 5) is 27.6. The molecular formula is C30H31BrN6O2. The molecule has 0 aromatic heterocycles. The minimum absolute atomic E-state index is 0.154. The van der Waals surface area contributed by atoms with Gasteiger partial charge in [-0.3, -0.25) is 14.9 Å². The number of rotatable bonds is 7. The molecule has 0 aliphatic heterocycles. The lowest BCUT2D eigenvalue weighted by atomic mass is 9.84. The van der Waals surface area contributed by atoms with Crippen LogP contribution in [0.1, 0.15) is 65.1 Å². The highest BCUT2D eigenvalue weighted by Crippen LogP contribution is 2.33. The van der Waals surface area contributed by atoms with Crippen LogP contribution in [-0.2, 0) is 11.3 Å². The fourth-order valence-electron chi connectivity index (χ4n) is 4.73. The van der Waals surface area contributed by atoms with Crippen LogP contribution in [0.25, 0.3) is 6.08 Å². The predicted molar refractivity (Wildman–Crippen MR) is 157 cm³/mol. The summed E-state index contributed by atoms with van der Waals surface area (Å²) in [7, 11) is 0. The number of anilines is 1. The lowest BCUT2D eigenvalue weighted by Crippen LogP contribution is -2.30. The molecule has 0 saturated heterocycles. The molecule has 3 aromatic carbocycles. The van der Waals surface area contributed by atoms with Crippen molar-refractivity contribution in [1.29, 1.82) is 5.53 Å². The molecule has 200 valence electrons. The minimum Gasteiger partial charge on any atom is -0.320 e. The molecule has 8 nitrogen and oxygen atoms in total. The molecule has 4 N–H and O–H groups in total. The second-order valence-electron chi connectivity index (χ2n) is 9.42. The zero-order valence-corrected chi connectivity index (χ0v) is 23.1. The van der Waals surface area contributed by atoms with Crippen molar-refractivity contribution < 1.29 is 9.59 Å². The first-order valence-electron chi connectivity index (χ1n) is 12.9.